The molecular formula is C21H30N2O4. The number of ketones is 1. The summed E-state index contributed by atoms with van der Waals surface area (Å²) in [5, 5.41) is 2.97. The van der Waals surface area contributed by atoms with Gasteiger partial charge in [-0.3, -0.25) is 9.59 Å². The summed E-state index contributed by atoms with van der Waals surface area (Å²) >= 11 is 0. The van der Waals surface area contributed by atoms with Gasteiger partial charge in [0.15, 0.2) is 17.3 Å². The first-order chi connectivity index (χ1) is 13.1. The summed E-state index contributed by atoms with van der Waals surface area (Å²) in [7, 11) is 0. The van der Waals surface area contributed by atoms with Crippen molar-refractivity contribution < 1.29 is 19.1 Å². The number of amides is 1. The fourth-order valence-electron chi connectivity index (χ4n) is 3.61. The second-order valence-electron chi connectivity index (χ2n) is 7.55. The van der Waals surface area contributed by atoms with Crippen molar-refractivity contribution in [3.05, 3.63) is 23.8 Å². The maximum absolute atomic E-state index is 12.4. The highest BCUT2D eigenvalue weighted by Crippen LogP contribution is 2.31. The molecule has 1 aromatic rings. The van der Waals surface area contributed by atoms with E-state index < -0.39 is 0 Å². The van der Waals surface area contributed by atoms with Gasteiger partial charge >= 0.3 is 0 Å². The number of fused-ring (bicyclic) bond motifs is 1. The number of carbonyl (C=O) groups excluding carboxylic acids is 2. The van der Waals surface area contributed by atoms with Gasteiger partial charge < -0.3 is 19.7 Å². The van der Waals surface area contributed by atoms with Crippen LogP contribution in [0.2, 0.25) is 0 Å². The fourth-order valence-corrected chi connectivity index (χ4v) is 3.61. The molecule has 2 aliphatic heterocycles. The Bertz CT molecular complexity index is 656. The van der Waals surface area contributed by atoms with E-state index >= 15 is 0 Å². The normalized spacial score (nSPS) is 18.0. The molecule has 1 N–H and O–H groups in total. The number of nitrogens with one attached hydrogen (secondary N) is 1. The predicted molar refractivity (Wildman–Crippen MR) is 103 cm³/mol. The molecule has 0 saturated carbocycles. The van der Waals surface area contributed by atoms with Crippen LogP contribution in [-0.2, 0) is 4.79 Å². The Morgan fingerprint density at radius 3 is 2.59 bits per heavy atom. The van der Waals surface area contributed by atoms with Crippen LogP contribution in [0.3, 0.4) is 0 Å². The molecule has 1 unspecified atom stereocenters. The zero-order chi connectivity index (χ0) is 19.1. The van der Waals surface area contributed by atoms with Crippen LogP contribution in [0.4, 0.5) is 0 Å². The van der Waals surface area contributed by atoms with Crippen molar-refractivity contribution in [2.75, 3.05) is 39.4 Å². The number of ether oxygens (including phenoxy) is 2. The van der Waals surface area contributed by atoms with Crippen molar-refractivity contribution in [1.29, 1.82) is 0 Å². The van der Waals surface area contributed by atoms with Crippen LogP contribution in [0.1, 0.15) is 49.4 Å². The number of carbonyl (C=O) groups is 2. The van der Waals surface area contributed by atoms with E-state index in [4.69, 9.17) is 9.47 Å². The minimum absolute atomic E-state index is 0.0523. The second-order valence-corrected chi connectivity index (χ2v) is 7.55. The fraction of sp³-hybridized carbons (Fsp3) is 0.619. The Morgan fingerprint density at radius 2 is 1.81 bits per heavy atom. The first-order valence-corrected chi connectivity index (χ1v) is 10.0. The standard InChI is InChI=1S/C21H30N2O4/c1-16(15-23-9-3-2-4-10-23)14-22-21(25)8-6-18(24)17-5-7-19-20(13-17)27-12-11-26-19/h5,7,13,16H,2-4,6,8-12,14-15H2,1H3,(H,22,25). The van der Waals surface area contributed by atoms with E-state index in [9.17, 15) is 9.59 Å². The second kappa shape index (κ2) is 9.74. The molecule has 2 heterocycles. The molecule has 6 nitrogen and oxygen atoms in total. The van der Waals surface area contributed by atoms with Crippen LogP contribution in [0, 0.1) is 5.92 Å². The number of benzene rings is 1. The highest BCUT2D eigenvalue weighted by molar-refractivity contribution is 5.98. The molecule has 2 aliphatic rings. The molecule has 1 amide bonds. The summed E-state index contributed by atoms with van der Waals surface area (Å²) < 4.78 is 11.0. The zero-order valence-electron chi connectivity index (χ0n) is 16.2. The third kappa shape index (κ3) is 5.96. The van der Waals surface area contributed by atoms with E-state index in [0.29, 0.717) is 42.7 Å². The topological polar surface area (TPSA) is 67.9 Å². The number of hydrogen-bond donors (Lipinski definition) is 1. The molecule has 27 heavy (non-hydrogen) atoms. The van der Waals surface area contributed by atoms with Crippen molar-refractivity contribution in [2.24, 2.45) is 5.92 Å². The number of Topliss-reactive ketones (excluding diaryl/α,β-unsaturated/α-hetero) is 1. The summed E-state index contributed by atoms with van der Waals surface area (Å²) in [6.45, 7) is 7.20. The van der Waals surface area contributed by atoms with E-state index in [1.54, 1.807) is 18.2 Å². The number of likely N-dealkylation sites (tertiary alicyclic amines) is 1. The van der Waals surface area contributed by atoms with Crippen LogP contribution < -0.4 is 14.8 Å². The average molecular weight is 374 g/mol. The third-order valence-corrected chi connectivity index (χ3v) is 5.11. The first-order valence-electron chi connectivity index (χ1n) is 10.0. The highest BCUT2D eigenvalue weighted by atomic mass is 16.6. The SMILES string of the molecule is CC(CNC(=O)CCC(=O)c1ccc2c(c1)OCCO2)CN1CCCCC1. The summed E-state index contributed by atoms with van der Waals surface area (Å²) in [4.78, 5) is 26.9. The number of piperidine rings is 1. The minimum atomic E-state index is -0.0635. The van der Waals surface area contributed by atoms with E-state index in [1.807, 2.05) is 0 Å². The molecule has 3 rings (SSSR count). The van der Waals surface area contributed by atoms with Gasteiger partial charge in [0.25, 0.3) is 0 Å². The molecule has 1 saturated heterocycles. The quantitative estimate of drug-likeness (QED) is 0.709. The van der Waals surface area contributed by atoms with Crippen LogP contribution >= 0.6 is 0 Å². The Kier molecular flexibility index (Phi) is 7.10. The Morgan fingerprint density at radius 1 is 1.07 bits per heavy atom. The van der Waals surface area contributed by atoms with Gasteiger partial charge in [-0.15, -0.1) is 0 Å². The monoisotopic (exact) mass is 374 g/mol. The number of rotatable bonds is 8. The lowest BCUT2D eigenvalue weighted by Gasteiger charge is -2.29. The highest BCUT2D eigenvalue weighted by Gasteiger charge is 2.17. The van der Waals surface area contributed by atoms with Crippen LogP contribution in [0.5, 0.6) is 11.5 Å². The average Bonchev–Trinajstić information content (AvgIpc) is 2.71. The summed E-state index contributed by atoms with van der Waals surface area (Å²) in [5.41, 5.74) is 0.561. The van der Waals surface area contributed by atoms with E-state index in [2.05, 4.69) is 17.1 Å². The molecule has 148 valence electrons. The summed E-state index contributed by atoms with van der Waals surface area (Å²) in [6.07, 6.45) is 4.30. The van der Waals surface area contributed by atoms with Crippen molar-refractivity contribution in [1.82, 2.24) is 10.2 Å². The minimum Gasteiger partial charge on any atom is -0.486 e. The van der Waals surface area contributed by atoms with E-state index in [0.717, 1.165) is 6.54 Å². The lowest BCUT2D eigenvalue weighted by atomic mass is 10.1. The Labute approximate surface area is 161 Å². The van der Waals surface area contributed by atoms with Crippen molar-refractivity contribution in [2.45, 2.75) is 39.0 Å². The lowest BCUT2D eigenvalue weighted by molar-refractivity contribution is -0.121. The Hall–Kier alpha value is -2.08. The lowest BCUT2D eigenvalue weighted by Crippen LogP contribution is -2.38. The van der Waals surface area contributed by atoms with Gasteiger partial charge in [0.2, 0.25) is 5.91 Å². The molecule has 0 bridgehead atoms. The van der Waals surface area contributed by atoms with E-state index in [1.165, 1.54) is 32.4 Å². The molecule has 1 atom stereocenters. The first kappa shape index (κ1) is 19.7. The molecule has 0 spiro atoms. The largest absolute Gasteiger partial charge is 0.486 e. The van der Waals surface area contributed by atoms with Gasteiger partial charge in [0.1, 0.15) is 13.2 Å². The smallest absolute Gasteiger partial charge is 0.220 e. The van der Waals surface area contributed by atoms with Crippen molar-refractivity contribution in [3.8, 4) is 11.5 Å². The predicted octanol–water partition coefficient (Wildman–Crippen LogP) is 2.66. The zero-order valence-corrected chi connectivity index (χ0v) is 16.2. The molecular weight excluding hydrogens is 344 g/mol. The Balaban J connectivity index is 1.37. The number of nitrogens with zero attached hydrogens (tertiary/aromatic N) is 1. The molecule has 0 radical (unpaired) electrons. The molecule has 0 aliphatic carbocycles. The summed E-state index contributed by atoms with van der Waals surface area (Å²) in [5.74, 6) is 1.57. The molecule has 1 fully saturated rings. The van der Waals surface area contributed by atoms with Gasteiger partial charge in [-0.1, -0.05) is 13.3 Å². The van der Waals surface area contributed by atoms with Crippen molar-refractivity contribution >= 4 is 11.7 Å². The van der Waals surface area contributed by atoms with Gasteiger partial charge in [-0.2, -0.15) is 0 Å². The van der Waals surface area contributed by atoms with Gasteiger partial charge in [0.05, 0.1) is 0 Å². The van der Waals surface area contributed by atoms with Gasteiger partial charge in [-0.25, -0.2) is 0 Å². The van der Waals surface area contributed by atoms with Gasteiger partial charge in [-0.05, 0) is 50.0 Å². The number of hydrogen-bond acceptors (Lipinski definition) is 5. The maximum atomic E-state index is 12.4. The molecule has 1 aromatic carbocycles. The van der Waals surface area contributed by atoms with E-state index in [-0.39, 0.29) is 24.5 Å². The molecule has 0 aromatic heterocycles. The van der Waals surface area contributed by atoms with Crippen molar-refractivity contribution in [3.63, 3.8) is 0 Å². The van der Waals surface area contributed by atoms with Crippen LogP contribution in [-0.4, -0.2) is 56.0 Å². The maximum Gasteiger partial charge on any atom is 0.220 e. The van der Waals surface area contributed by atoms with Gasteiger partial charge in [0, 0.05) is 31.5 Å². The third-order valence-electron chi connectivity index (χ3n) is 5.11. The summed E-state index contributed by atoms with van der Waals surface area (Å²) in [6, 6.07) is 5.19. The van der Waals surface area contributed by atoms with Crippen LogP contribution in [0.15, 0.2) is 18.2 Å². The molecule has 6 heteroatoms. The van der Waals surface area contributed by atoms with Crippen LogP contribution in [0.25, 0.3) is 0 Å².